The smallest absolute Gasteiger partial charge is 0.311 e. The van der Waals surface area contributed by atoms with Crippen LogP contribution in [0.1, 0.15) is 24.4 Å². The first-order valence-electron chi connectivity index (χ1n) is 8.52. The minimum atomic E-state index is -0.494. The summed E-state index contributed by atoms with van der Waals surface area (Å²) >= 11 is 1.07. The molecule has 3 rings (SSSR count). The van der Waals surface area contributed by atoms with Crippen LogP contribution in [0.15, 0.2) is 50.8 Å². The van der Waals surface area contributed by atoms with Crippen molar-refractivity contribution in [3.05, 3.63) is 58.2 Å². The molecule has 2 N–H and O–H groups in total. The van der Waals surface area contributed by atoms with Gasteiger partial charge in [0.25, 0.3) is 5.56 Å². The van der Waals surface area contributed by atoms with Crippen molar-refractivity contribution >= 4 is 34.6 Å². The summed E-state index contributed by atoms with van der Waals surface area (Å²) in [6, 6.07) is 10.4. The molecular weight excluding hydrogens is 382 g/mol. The molecule has 1 atom stereocenters. The first-order chi connectivity index (χ1) is 13.4. The lowest BCUT2D eigenvalue weighted by Gasteiger charge is -2.11. The van der Waals surface area contributed by atoms with Crippen LogP contribution >= 0.6 is 11.8 Å². The summed E-state index contributed by atoms with van der Waals surface area (Å²) in [4.78, 5) is 42.0. The van der Waals surface area contributed by atoms with Crippen LogP contribution < -0.4 is 10.9 Å². The maximum atomic E-state index is 12.2. The van der Waals surface area contributed by atoms with Crippen molar-refractivity contribution in [1.29, 1.82) is 0 Å². The Hall–Kier alpha value is -3.07. The number of nitrogens with zero attached hydrogens (tertiary/aromatic N) is 1. The third-order valence-electron chi connectivity index (χ3n) is 3.91. The fraction of sp³-hybridized carbons (Fsp3) is 0.263. The Morgan fingerprint density at radius 2 is 2.11 bits per heavy atom. The van der Waals surface area contributed by atoms with Crippen molar-refractivity contribution in [3.63, 3.8) is 0 Å². The Kier molecular flexibility index (Phi) is 6.15. The summed E-state index contributed by atoms with van der Waals surface area (Å²) in [5, 5.41) is 4.08. The van der Waals surface area contributed by atoms with Crippen LogP contribution in [0, 0.1) is 0 Å². The Labute approximate surface area is 164 Å². The zero-order valence-corrected chi connectivity index (χ0v) is 16.2. The van der Waals surface area contributed by atoms with Gasteiger partial charge in [0.05, 0.1) is 31.0 Å². The van der Waals surface area contributed by atoms with Gasteiger partial charge in [-0.2, -0.15) is 0 Å². The number of aromatic amines is 1. The largest absolute Gasteiger partial charge is 0.469 e. The second-order valence-electron chi connectivity index (χ2n) is 6.06. The van der Waals surface area contributed by atoms with Crippen molar-refractivity contribution in [3.8, 4) is 0 Å². The number of benzene rings is 1. The second kappa shape index (κ2) is 8.75. The van der Waals surface area contributed by atoms with Crippen molar-refractivity contribution in [1.82, 2.24) is 15.3 Å². The van der Waals surface area contributed by atoms with Crippen LogP contribution in [0.25, 0.3) is 11.0 Å². The molecule has 0 radical (unpaired) electrons. The summed E-state index contributed by atoms with van der Waals surface area (Å²) in [7, 11) is 1.26. The predicted octanol–water partition coefficient (Wildman–Crippen LogP) is 2.20. The zero-order valence-electron chi connectivity index (χ0n) is 15.4. The lowest BCUT2D eigenvalue weighted by molar-refractivity contribution is -0.139. The molecule has 28 heavy (non-hydrogen) atoms. The fourth-order valence-corrected chi connectivity index (χ4v) is 3.27. The van der Waals surface area contributed by atoms with Gasteiger partial charge < -0.3 is 19.5 Å². The normalized spacial score (nSPS) is 11.9. The third kappa shape index (κ3) is 5.01. The van der Waals surface area contributed by atoms with E-state index < -0.39 is 11.5 Å². The molecule has 1 amide bonds. The molecule has 0 aliphatic rings. The highest BCUT2D eigenvalue weighted by Gasteiger charge is 2.15. The lowest BCUT2D eigenvalue weighted by atomic mass is 10.2. The van der Waals surface area contributed by atoms with E-state index in [9.17, 15) is 14.4 Å². The van der Waals surface area contributed by atoms with Gasteiger partial charge in [-0.1, -0.05) is 30.0 Å². The molecule has 0 bridgehead atoms. The number of nitrogens with one attached hydrogen (secondary N) is 2. The first kappa shape index (κ1) is 19.7. The lowest BCUT2D eigenvalue weighted by Crippen LogP contribution is -2.28. The molecule has 0 unspecified atom stereocenters. The molecule has 2 heterocycles. The molecule has 0 saturated heterocycles. The number of H-pyrrole nitrogens is 1. The van der Waals surface area contributed by atoms with Gasteiger partial charge in [0, 0.05) is 11.5 Å². The van der Waals surface area contributed by atoms with Crippen LogP contribution in [0.5, 0.6) is 0 Å². The topological polar surface area (TPSA) is 114 Å². The Balaban J connectivity index is 1.59. The van der Waals surface area contributed by atoms with E-state index in [1.807, 2.05) is 37.3 Å². The Morgan fingerprint density at radius 3 is 2.86 bits per heavy atom. The van der Waals surface area contributed by atoms with Gasteiger partial charge in [0.15, 0.2) is 5.16 Å². The quantitative estimate of drug-likeness (QED) is 0.354. The van der Waals surface area contributed by atoms with Gasteiger partial charge in [0.1, 0.15) is 11.3 Å². The number of hydrogen-bond acceptors (Lipinski definition) is 7. The summed E-state index contributed by atoms with van der Waals surface area (Å²) in [5.74, 6) is -0.0218. The highest BCUT2D eigenvalue weighted by Crippen LogP contribution is 2.23. The fourth-order valence-electron chi connectivity index (χ4n) is 2.57. The summed E-state index contributed by atoms with van der Waals surface area (Å²) < 4.78 is 10.3. The van der Waals surface area contributed by atoms with Crippen LogP contribution in [-0.4, -0.2) is 34.7 Å². The highest BCUT2D eigenvalue weighted by molar-refractivity contribution is 7.99. The summed E-state index contributed by atoms with van der Waals surface area (Å²) in [6.45, 7) is 1.83. The molecule has 0 aliphatic heterocycles. The number of thioether (sulfide) groups is 1. The van der Waals surface area contributed by atoms with Crippen LogP contribution in [0.4, 0.5) is 0 Å². The molecule has 0 aliphatic carbocycles. The van der Waals surface area contributed by atoms with E-state index in [4.69, 9.17) is 4.42 Å². The molecule has 3 aromatic rings. The Bertz CT molecular complexity index is 1030. The molecule has 2 aromatic heterocycles. The number of amides is 1. The van der Waals surface area contributed by atoms with E-state index in [0.29, 0.717) is 5.76 Å². The van der Waals surface area contributed by atoms with Gasteiger partial charge in [-0.05, 0) is 19.1 Å². The Morgan fingerprint density at radius 1 is 1.32 bits per heavy atom. The number of para-hydroxylation sites is 1. The van der Waals surface area contributed by atoms with Crippen LogP contribution in [-0.2, 0) is 20.7 Å². The number of methoxy groups -OCH3 is 1. The van der Waals surface area contributed by atoms with E-state index in [0.717, 1.165) is 22.7 Å². The van der Waals surface area contributed by atoms with Crippen molar-refractivity contribution in [2.24, 2.45) is 0 Å². The molecule has 8 nitrogen and oxygen atoms in total. The number of carbonyl (C=O) groups excluding carboxylic acids is 2. The van der Waals surface area contributed by atoms with E-state index >= 15 is 0 Å². The van der Waals surface area contributed by atoms with Crippen LogP contribution in [0.2, 0.25) is 0 Å². The minimum Gasteiger partial charge on any atom is -0.469 e. The van der Waals surface area contributed by atoms with E-state index in [1.165, 1.54) is 13.2 Å². The number of hydrogen-bond donors (Lipinski definition) is 2. The van der Waals surface area contributed by atoms with E-state index in [2.05, 4.69) is 20.0 Å². The number of carbonyl (C=O) groups is 2. The zero-order chi connectivity index (χ0) is 20.1. The molecular formula is C19H19N3O5S. The second-order valence-corrected chi connectivity index (χ2v) is 7.02. The number of furan rings is 1. The van der Waals surface area contributed by atoms with Gasteiger partial charge >= 0.3 is 5.97 Å². The standard InChI is InChI=1S/C19H19N3O5S/c1-11(15-7-12-5-3-4-6-14(12)27-15)20-17(24)10-28-19-21-13(8-16(23)22-19)9-18(25)26-2/h3-8,11H,9-10H2,1-2H3,(H,20,24)(H,21,22,23)/t11-/m0/s1. The summed E-state index contributed by atoms with van der Waals surface area (Å²) in [5.41, 5.74) is 0.652. The van der Waals surface area contributed by atoms with Gasteiger partial charge in [-0.3, -0.25) is 14.4 Å². The maximum absolute atomic E-state index is 12.2. The third-order valence-corrected chi connectivity index (χ3v) is 4.79. The number of ether oxygens (including phenoxy) is 1. The maximum Gasteiger partial charge on any atom is 0.311 e. The average molecular weight is 401 g/mol. The van der Waals surface area contributed by atoms with Gasteiger partial charge in [-0.25, -0.2) is 4.98 Å². The minimum absolute atomic E-state index is 0.0508. The molecule has 0 saturated carbocycles. The molecule has 1 aromatic carbocycles. The van der Waals surface area contributed by atoms with Crippen molar-refractivity contribution in [2.45, 2.75) is 24.5 Å². The van der Waals surface area contributed by atoms with E-state index in [1.54, 1.807) is 0 Å². The van der Waals surface area contributed by atoms with E-state index in [-0.39, 0.29) is 35.0 Å². The van der Waals surface area contributed by atoms with Gasteiger partial charge in [-0.15, -0.1) is 0 Å². The monoisotopic (exact) mass is 401 g/mol. The molecule has 9 heteroatoms. The molecule has 0 spiro atoms. The number of esters is 1. The number of fused-ring (bicyclic) bond motifs is 1. The number of rotatable bonds is 7. The molecule has 146 valence electrons. The predicted molar refractivity (Wildman–Crippen MR) is 104 cm³/mol. The van der Waals surface area contributed by atoms with Crippen molar-refractivity contribution in [2.75, 3.05) is 12.9 Å². The number of aromatic nitrogens is 2. The SMILES string of the molecule is COC(=O)Cc1cc(=O)[nH]c(SCC(=O)N[C@@H](C)c2cc3ccccc3o2)n1. The van der Waals surface area contributed by atoms with Crippen molar-refractivity contribution < 1.29 is 18.7 Å². The van der Waals surface area contributed by atoms with Crippen LogP contribution in [0.3, 0.4) is 0 Å². The van der Waals surface area contributed by atoms with Gasteiger partial charge in [0.2, 0.25) is 5.91 Å². The molecule has 0 fully saturated rings. The highest BCUT2D eigenvalue weighted by atomic mass is 32.2. The first-order valence-corrected chi connectivity index (χ1v) is 9.51. The summed E-state index contributed by atoms with van der Waals surface area (Å²) in [6.07, 6.45) is -0.108. The average Bonchev–Trinajstić information content (AvgIpc) is 3.10.